The molecule has 3 nitrogen and oxygen atoms in total. The van der Waals surface area contributed by atoms with Crippen LogP contribution in [0.3, 0.4) is 0 Å². The van der Waals surface area contributed by atoms with Crippen molar-refractivity contribution >= 4 is 8.80 Å². The minimum Gasteiger partial charge on any atom is -0.377 e. The van der Waals surface area contributed by atoms with Gasteiger partial charge in [0.25, 0.3) is 0 Å². The third-order valence-electron chi connectivity index (χ3n) is 1.76. The van der Waals surface area contributed by atoms with Crippen molar-refractivity contribution in [1.82, 2.24) is 0 Å². The smallest absolute Gasteiger partial charge is 0.377 e. The first-order valence-corrected chi connectivity index (χ1v) is 7.00. The van der Waals surface area contributed by atoms with Gasteiger partial charge in [-0.1, -0.05) is 20.3 Å². The molecule has 1 atom stereocenters. The minimum atomic E-state index is -2.29. The number of rotatable bonds is 8. The van der Waals surface area contributed by atoms with Crippen LogP contribution in [-0.2, 0) is 13.3 Å². The van der Waals surface area contributed by atoms with Crippen LogP contribution in [0.2, 0.25) is 6.04 Å². The van der Waals surface area contributed by atoms with Gasteiger partial charge >= 0.3 is 8.80 Å². The van der Waals surface area contributed by atoms with Crippen molar-refractivity contribution in [2.45, 2.75) is 39.7 Å². The fraction of sp³-hybridized carbons (Fsp3) is 1.00. The molecule has 0 bridgehead atoms. The Hall–Kier alpha value is 0.0969. The molecule has 0 rings (SSSR count). The second-order valence-electron chi connectivity index (χ2n) is 2.92. The summed E-state index contributed by atoms with van der Waals surface area (Å²) in [6, 6.07) is 0.914. The van der Waals surface area contributed by atoms with E-state index in [-0.39, 0.29) is 0 Å². The van der Waals surface area contributed by atoms with Gasteiger partial charge in [0.2, 0.25) is 0 Å². The molecule has 0 aromatic carbocycles. The molecule has 0 radical (unpaired) electrons. The third-order valence-corrected chi connectivity index (χ3v) is 4.86. The fourth-order valence-electron chi connectivity index (χ4n) is 1.19. The highest BCUT2D eigenvalue weighted by molar-refractivity contribution is 6.60. The van der Waals surface area contributed by atoms with Crippen molar-refractivity contribution < 1.29 is 13.3 Å². The highest BCUT2D eigenvalue weighted by atomic mass is 28.4. The molecule has 0 spiro atoms. The maximum Gasteiger partial charge on any atom is 0.500 e. The first-order valence-electron chi connectivity index (χ1n) is 5.07. The first-order chi connectivity index (χ1) is 6.24. The van der Waals surface area contributed by atoms with Gasteiger partial charge in [-0.2, -0.15) is 0 Å². The molecule has 0 aliphatic heterocycles. The lowest BCUT2D eigenvalue weighted by atomic mass is 10.5. The topological polar surface area (TPSA) is 27.7 Å². The van der Waals surface area contributed by atoms with E-state index in [0.29, 0.717) is 6.61 Å². The normalized spacial score (nSPS) is 15.7. The van der Waals surface area contributed by atoms with E-state index in [1.54, 1.807) is 7.11 Å². The SMILES string of the molecule is CCCO[Si](CCC)(OC)OCC. The fourth-order valence-corrected chi connectivity index (χ4v) is 3.57. The summed E-state index contributed by atoms with van der Waals surface area (Å²) < 4.78 is 16.7. The Morgan fingerprint density at radius 3 is 2.08 bits per heavy atom. The minimum absolute atomic E-state index is 0.670. The summed E-state index contributed by atoms with van der Waals surface area (Å²) in [5.41, 5.74) is 0. The van der Waals surface area contributed by atoms with Gasteiger partial charge in [0.05, 0.1) is 0 Å². The molecule has 0 aliphatic carbocycles. The molecule has 80 valence electrons. The maximum atomic E-state index is 5.70. The molecule has 1 unspecified atom stereocenters. The summed E-state index contributed by atoms with van der Waals surface area (Å²) in [5.74, 6) is 0. The van der Waals surface area contributed by atoms with Gasteiger partial charge in [0.15, 0.2) is 0 Å². The Balaban J connectivity index is 4.07. The highest BCUT2D eigenvalue weighted by Crippen LogP contribution is 2.16. The van der Waals surface area contributed by atoms with E-state index >= 15 is 0 Å². The van der Waals surface area contributed by atoms with E-state index in [4.69, 9.17) is 13.3 Å². The second-order valence-corrected chi connectivity index (χ2v) is 5.77. The number of hydrogen-bond acceptors (Lipinski definition) is 3. The molecule has 0 heterocycles. The summed E-state index contributed by atoms with van der Waals surface area (Å²) in [7, 11) is -0.603. The second kappa shape index (κ2) is 7.50. The van der Waals surface area contributed by atoms with Crippen molar-refractivity contribution in [2.24, 2.45) is 0 Å². The van der Waals surface area contributed by atoms with E-state index in [0.717, 1.165) is 25.5 Å². The van der Waals surface area contributed by atoms with Crippen LogP contribution in [0.4, 0.5) is 0 Å². The highest BCUT2D eigenvalue weighted by Gasteiger charge is 2.38. The van der Waals surface area contributed by atoms with E-state index in [1.165, 1.54) is 0 Å². The Morgan fingerprint density at radius 1 is 1.00 bits per heavy atom. The van der Waals surface area contributed by atoms with Gasteiger partial charge in [-0.15, -0.1) is 0 Å². The van der Waals surface area contributed by atoms with Gasteiger partial charge in [-0.05, 0) is 13.3 Å². The van der Waals surface area contributed by atoms with Crippen LogP contribution in [0, 0.1) is 0 Å². The van der Waals surface area contributed by atoms with E-state index in [9.17, 15) is 0 Å². The van der Waals surface area contributed by atoms with Gasteiger partial charge in [0, 0.05) is 26.4 Å². The van der Waals surface area contributed by atoms with Crippen molar-refractivity contribution in [3.63, 3.8) is 0 Å². The zero-order valence-electron chi connectivity index (χ0n) is 9.26. The molecule has 0 saturated carbocycles. The van der Waals surface area contributed by atoms with Crippen molar-refractivity contribution in [2.75, 3.05) is 20.3 Å². The third kappa shape index (κ3) is 4.76. The predicted molar refractivity (Wildman–Crippen MR) is 55.7 cm³/mol. The van der Waals surface area contributed by atoms with Gasteiger partial charge in [-0.3, -0.25) is 0 Å². The molecular formula is C9H22O3Si. The average Bonchev–Trinajstić information content (AvgIpc) is 2.15. The van der Waals surface area contributed by atoms with Crippen LogP contribution in [0.15, 0.2) is 0 Å². The van der Waals surface area contributed by atoms with Gasteiger partial charge in [-0.25, -0.2) is 0 Å². The average molecular weight is 206 g/mol. The molecule has 0 amide bonds. The molecule has 0 saturated heterocycles. The Morgan fingerprint density at radius 2 is 1.69 bits per heavy atom. The summed E-state index contributed by atoms with van der Waals surface area (Å²) in [5, 5.41) is 0. The monoisotopic (exact) mass is 206 g/mol. The lowest BCUT2D eigenvalue weighted by Gasteiger charge is -2.27. The van der Waals surface area contributed by atoms with E-state index < -0.39 is 8.80 Å². The Kier molecular flexibility index (Phi) is 7.55. The van der Waals surface area contributed by atoms with Crippen LogP contribution in [-0.4, -0.2) is 29.1 Å². The van der Waals surface area contributed by atoms with Crippen molar-refractivity contribution in [3.05, 3.63) is 0 Å². The standard InChI is InChI=1S/C9H22O3Si/c1-5-8-12-13(10-4,9-6-2)11-7-3/h5-9H2,1-4H3. The molecule has 0 N–H and O–H groups in total. The molecule has 4 heteroatoms. The Bertz CT molecular complexity index is 113. The summed E-state index contributed by atoms with van der Waals surface area (Å²) in [6.45, 7) is 7.59. The van der Waals surface area contributed by atoms with Crippen LogP contribution < -0.4 is 0 Å². The largest absolute Gasteiger partial charge is 0.500 e. The molecular weight excluding hydrogens is 184 g/mol. The van der Waals surface area contributed by atoms with Crippen molar-refractivity contribution in [1.29, 1.82) is 0 Å². The lowest BCUT2D eigenvalue weighted by molar-refractivity contribution is 0.0818. The van der Waals surface area contributed by atoms with Gasteiger partial charge < -0.3 is 13.3 Å². The molecule has 0 aliphatic rings. The van der Waals surface area contributed by atoms with Gasteiger partial charge in [0.1, 0.15) is 0 Å². The summed E-state index contributed by atoms with van der Waals surface area (Å²) in [6.07, 6.45) is 2.05. The van der Waals surface area contributed by atoms with Crippen LogP contribution >= 0.6 is 0 Å². The molecule has 13 heavy (non-hydrogen) atoms. The van der Waals surface area contributed by atoms with Crippen molar-refractivity contribution in [3.8, 4) is 0 Å². The lowest BCUT2D eigenvalue weighted by Crippen LogP contribution is -2.44. The van der Waals surface area contributed by atoms with Crippen LogP contribution in [0.5, 0.6) is 0 Å². The van der Waals surface area contributed by atoms with Crippen LogP contribution in [0.25, 0.3) is 0 Å². The summed E-state index contributed by atoms with van der Waals surface area (Å²) in [4.78, 5) is 0. The Labute approximate surface area is 82.8 Å². The summed E-state index contributed by atoms with van der Waals surface area (Å²) >= 11 is 0. The van der Waals surface area contributed by atoms with E-state index in [2.05, 4.69) is 13.8 Å². The molecule has 0 fully saturated rings. The number of hydrogen-bond donors (Lipinski definition) is 0. The first kappa shape index (κ1) is 13.1. The molecule has 0 aromatic rings. The molecule has 0 aromatic heterocycles. The predicted octanol–water partition coefficient (Wildman–Crippen LogP) is 2.44. The zero-order valence-corrected chi connectivity index (χ0v) is 10.3. The van der Waals surface area contributed by atoms with Crippen LogP contribution in [0.1, 0.15) is 33.6 Å². The maximum absolute atomic E-state index is 5.70. The quantitative estimate of drug-likeness (QED) is 0.571. The van der Waals surface area contributed by atoms with E-state index in [1.807, 2.05) is 6.92 Å². The zero-order chi connectivity index (χ0) is 10.2.